The molecule has 2 aliphatic rings. The highest BCUT2D eigenvalue weighted by Crippen LogP contribution is 2.52. The Kier molecular flexibility index (Phi) is 7.39. The Morgan fingerprint density at radius 1 is 1.21 bits per heavy atom. The van der Waals surface area contributed by atoms with Crippen LogP contribution in [-0.2, 0) is 13.9 Å². The van der Waals surface area contributed by atoms with Crippen LogP contribution in [0.2, 0.25) is 5.28 Å². The van der Waals surface area contributed by atoms with Gasteiger partial charge in [0.25, 0.3) is 7.52 Å². The number of nitrogens with zero attached hydrogens (tertiary/aromatic N) is 5. The molecule has 0 aromatic carbocycles. The molecule has 3 unspecified atom stereocenters. The third-order valence-electron chi connectivity index (χ3n) is 6.11. The van der Waals surface area contributed by atoms with Crippen molar-refractivity contribution >= 4 is 43.7 Å². The van der Waals surface area contributed by atoms with Crippen LogP contribution in [0, 0.1) is 0 Å². The maximum absolute atomic E-state index is 12.0. The van der Waals surface area contributed by atoms with E-state index in [-0.39, 0.29) is 17.0 Å². The van der Waals surface area contributed by atoms with Crippen LogP contribution in [0.4, 0.5) is 5.82 Å². The van der Waals surface area contributed by atoms with E-state index >= 15 is 0 Å². The standard InChI is InChI=1S/C17H27ClN6O8P2/c1-23(9-4-2-3-5-9)14-11-15(22-17(18)21-14)24(7-19-11)16-13(26)12(25)10(32-16)6-20-33(27,28)8-34(29,30)31/h7,9-10,12-13,16,25-26H,2-6,8H2,1H3,(H2,20,27,28)(H2,29,30,31)/t10-,12?,13?,16-/m1/s1. The number of halogens is 1. The van der Waals surface area contributed by atoms with Crippen molar-refractivity contribution in [2.45, 2.75) is 56.3 Å². The molecule has 2 fully saturated rings. The first kappa shape index (κ1) is 25.9. The number of aliphatic hydroxyl groups is 2. The summed E-state index contributed by atoms with van der Waals surface area (Å²) in [5, 5.41) is 23.1. The first-order valence-corrected chi connectivity index (χ1v) is 14.6. The third-order valence-corrected chi connectivity index (χ3v) is 9.96. The highest BCUT2D eigenvalue weighted by atomic mass is 35.5. The molecule has 34 heavy (non-hydrogen) atoms. The number of hydrogen-bond donors (Lipinski definition) is 6. The summed E-state index contributed by atoms with van der Waals surface area (Å²) in [5.41, 5.74) is 0.714. The largest absolute Gasteiger partial charge is 0.387 e. The van der Waals surface area contributed by atoms with Crippen molar-refractivity contribution in [2.75, 3.05) is 24.4 Å². The van der Waals surface area contributed by atoms with Gasteiger partial charge >= 0.3 is 7.60 Å². The number of aliphatic hydroxyl groups excluding tert-OH is 2. The summed E-state index contributed by atoms with van der Waals surface area (Å²) in [6.07, 6.45) is 0.422. The van der Waals surface area contributed by atoms with Crippen molar-refractivity contribution in [1.82, 2.24) is 24.6 Å². The van der Waals surface area contributed by atoms with Crippen molar-refractivity contribution < 1.29 is 38.8 Å². The molecule has 17 heteroatoms. The van der Waals surface area contributed by atoms with Gasteiger partial charge in [0.15, 0.2) is 23.2 Å². The van der Waals surface area contributed by atoms with Crippen LogP contribution >= 0.6 is 26.7 Å². The molecule has 190 valence electrons. The lowest BCUT2D eigenvalue weighted by molar-refractivity contribution is -0.0331. The highest BCUT2D eigenvalue weighted by Gasteiger charge is 2.45. The number of rotatable bonds is 8. The number of imidazole rings is 1. The van der Waals surface area contributed by atoms with Crippen LogP contribution in [0.25, 0.3) is 11.2 Å². The van der Waals surface area contributed by atoms with E-state index in [9.17, 15) is 24.2 Å². The minimum absolute atomic E-state index is 0.0287. The second kappa shape index (κ2) is 9.70. The molecule has 6 N–H and O–H groups in total. The van der Waals surface area contributed by atoms with E-state index in [1.807, 2.05) is 11.9 Å². The molecule has 2 aromatic heterocycles. The maximum atomic E-state index is 12.0. The Bertz CT molecular complexity index is 1140. The molecule has 0 spiro atoms. The molecule has 1 aliphatic heterocycles. The van der Waals surface area contributed by atoms with E-state index in [0.29, 0.717) is 11.3 Å². The average molecular weight is 541 g/mol. The Balaban J connectivity index is 1.56. The van der Waals surface area contributed by atoms with Crippen molar-refractivity contribution in [3.8, 4) is 0 Å². The predicted octanol–water partition coefficient (Wildman–Crippen LogP) is 0.388. The molecule has 3 heterocycles. The van der Waals surface area contributed by atoms with Crippen LogP contribution in [0.3, 0.4) is 0 Å². The Hall–Kier alpha value is -1.18. The maximum Gasteiger partial charge on any atom is 0.336 e. The molecule has 2 aromatic rings. The highest BCUT2D eigenvalue weighted by molar-refractivity contribution is 7.71. The lowest BCUT2D eigenvalue weighted by atomic mass is 10.1. The average Bonchev–Trinajstić information content (AvgIpc) is 3.45. The normalized spacial score (nSPS) is 28.0. The summed E-state index contributed by atoms with van der Waals surface area (Å²) in [6, 6.07) is 0.284. The molecule has 5 atom stereocenters. The lowest BCUT2D eigenvalue weighted by Gasteiger charge is -2.25. The minimum atomic E-state index is -4.75. The molecule has 0 bridgehead atoms. The minimum Gasteiger partial charge on any atom is -0.387 e. The fraction of sp³-hybridized carbons (Fsp3) is 0.706. The number of anilines is 1. The van der Waals surface area contributed by atoms with Gasteiger partial charge < -0.3 is 34.5 Å². The summed E-state index contributed by atoms with van der Waals surface area (Å²) < 4.78 is 30.2. The monoisotopic (exact) mass is 540 g/mol. The summed E-state index contributed by atoms with van der Waals surface area (Å²) in [5.74, 6) is -0.737. The van der Waals surface area contributed by atoms with E-state index in [2.05, 4.69) is 20.0 Å². The topological polar surface area (TPSA) is 203 Å². The predicted molar refractivity (Wildman–Crippen MR) is 122 cm³/mol. The molecule has 1 saturated heterocycles. The molecule has 4 rings (SSSR count). The SMILES string of the molecule is CN(c1nc(Cl)nc2c1ncn2[C@@H]1O[C@H](CNP(=O)(O)CP(=O)(O)O)C(O)C1O)C1CCCC1. The Morgan fingerprint density at radius 3 is 2.53 bits per heavy atom. The van der Waals surface area contributed by atoms with Gasteiger partial charge in [-0.25, -0.2) is 10.1 Å². The van der Waals surface area contributed by atoms with E-state index in [0.717, 1.165) is 25.7 Å². The summed E-state index contributed by atoms with van der Waals surface area (Å²) in [6.45, 7) is -0.444. The Morgan fingerprint density at radius 2 is 1.88 bits per heavy atom. The van der Waals surface area contributed by atoms with E-state index in [1.54, 1.807) is 0 Å². The van der Waals surface area contributed by atoms with E-state index in [4.69, 9.17) is 26.1 Å². The number of nitrogens with one attached hydrogen (secondary N) is 1. The summed E-state index contributed by atoms with van der Waals surface area (Å²) >= 11 is 6.18. The van der Waals surface area contributed by atoms with Gasteiger partial charge in [-0.1, -0.05) is 12.8 Å². The van der Waals surface area contributed by atoms with Gasteiger partial charge in [-0.15, -0.1) is 0 Å². The van der Waals surface area contributed by atoms with Gasteiger partial charge in [0.2, 0.25) is 5.28 Å². The molecule has 1 saturated carbocycles. The Labute approximate surface area is 199 Å². The quantitative estimate of drug-likeness (QED) is 0.198. The fourth-order valence-corrected chi connectivity index (χ4v) is 7.46. The van der Waals surface area contributed by atoms with Gasteiger partial charge in [-0.2, -0.15) is 9.97 Å². The van der Waals surface area contributed by atoms with Crippen LogP contribution in [-0.4, -0.2) is 88.3 Å². The van der Waals surface area contributed by atoms with Gasteiger partial charge in [0.1, 0.15) is 24.2 Å². The third kappa shape index (κ3) is 5.46. The number of hydrogen-bond acceptors (Lipinski definition) is 9. The fourth-order valence-electron chi connectivity index (χ4n) is 4.43. The van der Waals surface area contributed by atoms with Gasteiger partial charge in [-0.3, -0.25) is 13.7 Å². The number of aromatic nitrogens is 4. The molecular formula is C17H27ClN6O8P2. The summed E-state index contributed by atoms with van der Waals surface area (Å²) in [4.78, 5) is 42.6. The molecule has 14 nitrogen and oxygen atoms in total. The van der Waals surface area contributed by atoms with Crippen LogP contribution < -0.4 is 9.99 Å². The summed E-state index contributed by atoms with van der Waals surface area (Å²) in [7, 11) is -7.26. The van der Waals surface area contributed by atoms with E-state index < -0.39 is 52.1 Å². The number of fused-ring (bicyclic) bond motifs is 1. The van der Waals surface area contributed by atoms with Crippen LogP contribution in [0.5, 0.6) is 0 Å². The second-order valence-electron chi connectivity index (χ2n) is 8.61. The van der Waals surface area contributed by atoms with Crippen molar-refractivity contribution in [1.29, 1.82) is 0 Å². The smallest absolute Gasteiger partial charge is 0.336 e. The van der Waals surface area contributed by atoms with Crippen molar-refractivity contribution in [3.63, 3.8) is 0 Å². The zero-order valence-electron chi connectivity index (χ0n) is 18.2. The van der Waals surface area contributed by atoms with Crippen molar-refractivity contribution in [2.24, 2.45) is 0 Å². The van der Waals surface area contributed by atoms with Crippen molar-refractivity contribution in [3.05, 3.63) is 11.6 Å². The molecule has 1 aliphatic carbocycles. The van der Waals surface area contributed by atoms with Crippen LogP contribution in [0.1, 0.15) is 31.9 Å². The number of ether oxygens (including phenoxy) is 1. The second-order valence-corrected chi connectivity index (χ2v) is 13.1. The van der Waals surface area contributed by atoms with E-state index in [1.165, 1.54) is 10.9 Å². The zero-order chi connectivity index (χ0) is 24.8. The first-order valence-electron chi connectivity index (χ1n) is 10.6. The molecule has 0 radical (unpaired) electrons. The van der Waals surface area contributed by atoms with Gasteiger partial charge in [0, 0.05) is 19.6 Å². The van der Waals surface area contributed by atoms with Crippen LogP contribution in [0.15, 0.2) is 6.33 Å². The molecular weight excluding hydrogens is 514 g/mol. The van der Waals surface area contributed by atoms with Gasteiger partial charge in [-0.05, 0) is 24.4 Å². The van der Waals surface area contributed by atoms with Gasteiger partial charge in [0.05, 0.1) is 6.33 Å². The zero-order valence-corrected chi connectivity index (χ0v) is 20.7. The lowest BCUT2D eigenvalue weighted by Crippen LogP contribution is -2.37. The molecule has 0 amide bonds. The first-order chi connectivity index (χ1) is 15.9.